The van der Waals surface area contributed by atoms with Crippen LogP contribution in [0.2, 0.25) is 0 Å². The molecule has 4 heteroatoms. The third kappa shape index (κ3) is 5.40. The average Bonchev–Trinajstić information content (AvgIpc) is 3.17. The first-order valence-electron chi connectivity index (χ1n) is 11.4. The molecule has 3 aromatic carbocycles. The van der Waals surface area contributed by atoms with Gasteiger partial charge in [-0.25, -0.2) is 4.98 Å². The van der Waals surface area contributed by atoms with Crippen LogP contribution >= 0.6 is 0 Å². The van der Waals surface area contributed by atoms with E-state index in [2.05, 4.69) is 61.0 Å². The SMILES string of the molecule is CC(NC(=O)/C=C\c1ccccc1)c1nc2ccccc2n1Cc1ccc(C(C)(C)C)cc1. The van der Waals surface area contributed by atoms with Gasteiger partial charge in [0.1, 0.15) is 5.82 Å². The molecule has 4 rings (SSSR count). The molecule has 1 heterocycles. The number of hydrogen-bond acceptors (Lipinski definition) is 2. The van der Waals surface area contributed by atoms with Gasteiger partial charge >= 0.3 is 0 Å². The van der Waals surface area contributed by atoms with Crippen LogP contribution in [-0.2, 0) is 16.8 Å². The van der Waals surface area contributed by atoms with Crippen molar-refractivity contribution < 1.29 is 4.79 Å². The van der Waals surface area contributed by atoms with Crippen molar-refractivity contribution in [3.63, 3.8) is 0 Å². The molecule has 0 aliphatic rings. The Balaban J connectivity index is 1.58. The lowest BCUT2D eigenvalue weighted by molar-refractivity contribution is -0.117. The first-order chi connectivity index (χ1) is 15.8. The lowest BCUT2D eigenvalue weighted by atomic mass is 9.87. The zero-order valence-corrected chi connectivity index (χ0v) is 19.7. The number of nitrogens with zero attached hydrogens (tertiary/aromatic N) is 2. The summed E-state index contributed by atoms with van der Waals surface area (Å²) in [6, 6.07) is 26.5. The largest absolute Gasteiger partial charge is 0.343 e. The van der Waals surface area contributed by atoms with E-state index in [1.54, 1.807) is 6.08 Å². The highest BCUT2D eigenvalue weighted by molar-refractivity contribution is 5.92. The Kier molecular flexibility index (Phi) is 6.45. The van der Waals surface area contributed by atoms with Crippen LogP contribution in [0.4, 0.5) is 0 Å². The Hall–Kier alpha value is -3.66. The minimum atomic E-state index is -0.237. The molecule has 0 saturated carbocycles. The highest BCUT2D eigenvalue weighted by Crippen LogP contribution is 2.25. The molecule has 0 aliphatic carbocycles. The summed E-state index contributed by atoms with van der Waals surface area (Å²) in [5, 5.41) is 3.07. The molecule has 168 valence electrons. The predicted molar refractivity (Wildman–Crippen MR) is 136 cm³/mol. The minimum absolute atomic E-state index is 0.122. The van der Waals surface area contributed by atoms with Crippen molar-refractivity contribution in [1.82, 2.24) is 14.9 Å². The molecule has 0 radical (unpaired) electrons. The fourth-order valence-electron chi connectivity index (χ4n) is 3.95. The number of imidazole rings is 1. The summed E-state index contributed by atoms with van der Waals surface area (Å²) < 4.78 is 2.20. The second-order valence-corrected chi connectivity index (χ2v) is 9.47. The van der Waals surface area contributed by atoms with E-state index in [0.717, 1.165) is 22.4 Å². The van der Waals surface area contributed by atoms with E-state index in [4.69, 9.17) is 4.98 Å². The second kappa shape index (κ2) is 9.45. The van der Waals surface area contributed by atoms with Crippen LogP contribution < -0.4 is 5.32 Å². The van der Waals surface area contributed by atoms with E-state index >= 15 is 0 Å². The van der Waals surface area contributed by atoms with Gasteiger partial charge in [0.25, 0.3) is 0 Å². The Morgan fingerprint density at radius 3 is 2.33 bits per heavy atom. The smallest absolute Gasteiger partial charge is 0.244 e. The van der Waals surface area contributed by atoms with Gasteiger partial charge in [-0.2, -0.15) is 0 Å². The van der Waals surface area contributed by atoms with Crippen LogP contribution in [0.5, 0.6) is 0 Å². The van der Waals surface area contributed by atoms with Crippen molar-refractivity contribution in [2.45, 2.75) is 45.7 Å². The molecule has 1 amide bonds. The van der Waals surface area contributed by atoms with Crippen LogP contribution in [0, 0.1) is 0 Å². The lowest BCUT2D eigenvalue weighted by Gasteiger charge is -2.20. The van der Waals surface area contributed by atoms with E-state index in [1.165, 1.54) is 11.1 Å². The van der Waals surface area contributed by atoms with Crippen molar-refractivity contribution in [1.29, 1.82) is 0 Å². The third-order valence-corrected chi connectivity index (χ3v) is 5.82. The molecule has 0 aliphatic heterocycles. The van der Waals surface area contributed by atoms with Crippen molar-refractivity contribution in [2.24, 2.45) is 0 Å². The van der Waals surface area contributed by atoms with Crippen molar-refractivity contribution >= 4 is 23.0 Å². The average molecular weight is 438 g/mol. The molecule has 0 spiro atoms. The number of benzene rings is 3. The van der Waals surface area contributed by atoms with Crippen molar-refractivity contribution in [3.05, 3.63) is 107 Å². The van der Waals surface area contributed by atoms with Crippen LogP contribution in [-0.4, -0.2) is 15.5 Å². The van der Waals surface area contributed by atoms with Gasteiger partial charge in [0.15, 0.2) is 0 Å². The number of amides is 1. The zero-order valence-electron chi connectivity index (χ0n) is 19.7. The van der Waals surface area contributed by atoms with Gasteiger partial charge in [-0.05, 0) is 47.2 Å². The van der Waals surface area contributed by atoms with Crippen LogP contribution in [0.3, 0.4) is 0 Å². The summed E-state index contributed by atoms with van der Waals surface area (Å²) in [5.74, 6) is 0.706. The number of carbonyl (C=O) groups excluding carboxylic acids is 1. The fourth-order valence-corrected chi connectivity index (χ4v) is 3.95. The second-order valence-electron chi connectivity index (χ2n) is 9.47. The van der Waals surface area contributed by atoms with E-state index in [9.17, 15) is 4.79 Å². The molecular formula is C29H31N3O. The number of hydrogen-bond donors (Lipinski definition) is 1. The zero-order chi connectivity index (χ0) is 23.4. The molecule has 1 aromatic heterocycles. The maximum absolute atomic E-state index is 12.6. The van der Waals surface area contributed by atoms with Gasteiger partial charge in [-0.15, -0.1) is 0 Å². The summed E-state index contributed by atoms with van der Waals surface area (Å²) in [6.07, 6.45) is 3.39. The molecule has 4 aromatic rings. The van der Waals surface area contributed by atoms with Gasteiger partial charge in [-0.1, -0.05) is 87.5 Å². The summed E-state index contributed by atoms with van der Waals surface area (Å²) in [5.41, 5.74) is 5.62. The first kappa shape index (κ1) is 22.5. The van der Waals surface area contributed by atoms with Gasteiger partial charge in [0.05, 0.1) is 17.1 Å². The molecule has 1 N–H and O–H groups in total. The Labute approximate surface area is 196 Å². The van der Waals surface area contributed by atoms with E-state index in [0.29, 0.717) is 6.54 Å². The minimum Gasteiger partial charge on any atom is -0.343 e. The van der Waals surface area contributed by atoms with Gasteiger partial charge < -0.3 is 9.88 Å². The third-order valence-electron chi connectivity index (χ3n) is 5.82. The molecule has 33 heavy (non-hydrogen) atoms. The summed E-state index contributed by atoms with van der Waals surface area (Å²) >= 11 is 0. The van der Waals surface area contributed by atoms with Gasteiger partial charge in [0.2, 0.25) is 5.91 Å². The Morgan fingerprint density at radius 1 is 0.970 bits per heavy atom. The van der Waals surface area contributed by atoms with Crippen molar-refractivity contribution in [2.75, 3.05) is 0 Å². The topological polar surface area (TPSA) is 46.9 Å². The molecule has 0 saturated heterocycles. The monoisotopic (exact) mass is 437 g/mol. The standard InChI is InChI=1S/C29H31N3O/c1-21(30-27(33)19-16-22-10-6-5-7-11-22)28-31-25-12-8-9-13-26(25)32(28)20-23-14-17-24(18-15-23)29(2,3)4/h5-19,21H,20H2,1-4H3,(H,30,33)/b19-16-. The van der Waals surface area contributed by atoms with E-state index < -0.39 is 0 Å². The predicted octanol–water partition coefficient (Wildman–Crippen LogP) is 6.27. The summed E-state index contributed by atoms with van der Waals surface area (Å²) in [6.45, 7) is 9.34. The van der Waals surface area contributed by atoms with Crippen LogP contribution in [0.1, 0.15) is 56.3 Å². The number of para-hydroxylation sites is 2. The van der Waals surface area contributed by atoms with E-state index in [-0.39, 0.29) is 17.4 Å². The van der Waals surface area contributed by atoms with Crippen molar-refractivity contribution in [3.8, 4) is 0 Å². The number of nitrogens with one attached hydrogen (secondary N) is 1. The van der Waals surface area contributed by atoms with Gasteiger partial charge in [0, 0.05) is 12.6 Å². The number of fused-ring (bicyclic) bond motifs is 1. The molecule has 4 nitrogen and oxygen atoms in total. The van der Waals surface area contributed by atoms with Crippen LogP contribution in [0.25, 0.3) is 17.1 Å². The molecular weight excluding hydrogens is 406 g/mol. The maximum Gasteiger partial charge on any atom is 0.244 e. The highest BCUT2D eigenvalue weighted by atomic mass is 16.1. The molecule has 0 fully saturated rings. The highest BCUT2D eigenvalue weighted by Gasteiger charge is 2.18. The summed E-state index contributed by atoms with van der Waals surface area (Å²) in [4.78, 5) is 17.4. The normalized spacial score (nSPS) is 12.8. The molecule has 1 unspecified atom stereocenters. The Morgan fingerprint density at radius 2 is 1.64 bits per heavy atom. The summed E-state index contributed by atoms with van der Waals surface area (Å²) in [7, 11) is 0. The number of carbonyl (C=O) groups is 1. The quantitative estimate of drug-likeness (QED) is 0.361. The maximum atomic E-state index is 12.6. The number of rotatable bonds is 6. The lowest BCUT2D eigenvalue weighted by Crippen LogP contribution is -2.27. The molecule has 1 atom stereocenters. The van der Waals surface area contributed by atoms with E-state index in [1.807, 2.05) is 61.5 Å². The fraction of sp³-hybridized carbons (Fsp3) is 0.241. The first-order valence-corrected chi connectivity index (χ1v) is 11.4. The van der Waals surface area contributed by atoms with Gasteiger partial charge in [-0.3, -0.25) is 4.79 Å². The Bertz CT molecular complexity index is 1260. The van der Waals surface area contributed by atoms with Crippen LogP contribution in [0.15, 0.2) is 84.9 Å². The number of aromatic nitrogens is 2. The molecule has 0 bridgehead atoms.